The summed E-state index contributed by atoms with van der Waals surface area (Å²) in [6.45, 7) is 0.664. The van der Waals surface area contributed by atoms with Gasteiger partial charge in [0.15, 0.2) is 11.3 Å². The SMILES string of the molecule is Oc1cc2c(c3ccoc13)OCC(Sc1ccccc1)C2. The zero-order valence-corrected chi connectivity index (χ0v) is 12.1. The molecule has 0 saturated carbocycles. The van der Waals surface area contributed by atoms with Crippen molar-refractivity contribution in [1.29, 1.82) is 0 Å². The average Bonchev–Trinajstić information content (AvgIpc) is 2.98. The van der Waals surface area contributed by atoms with Crippen LogP contribution in [-0.4, -0.2) is 17.0 Å². The van der Waals surface area contributed by atoms with Crippen molar-refractivity contribution in [2.45, 2.75) is 16.6 Å². The molecule has 0 fully saturated rings. The molecule has 3 nitrogen and oxygen atoms in total. The summed E-state index contributed by atoms with van der Waals surface area (Å²) in [6.07, 6.45) is 2.46. The van der Waals surface area contributed by atoms with Crippen LogP contribution in [-0.2, 0) is 6.42 Å². The standard InChI is InChI=1S/C17H14O3S/c18-15-9-11-8-13(21-12-4-2-1-3-5-12)10-20-16(11)14-6-7-19-17(14)15/h1-7,9,13,18H,8,10H2. The minimum Gasteiger partial charge on any atom is -0.504 e. The largest absolute Gasteiger partial charge is 0.504 e. The Bertz CT molecular complexity index is 779. The zero-order chi connectivity index (χ0) is 14.2. The minimum absolute atomic E-state index is 0.183. The number of rotatable bonds is 2. The van der Waals surface area contributed by atoms with Crippen molar-refractivity contribution in [3.8, 4) is 11.5 Å². The third-order valence-electron chi connectivity index (χ3n) is 3.65. The number of ether oxygens (including phenoxy) is 1. The van der Waals surface area contributed by atoms with E-state index in [2.05, 4.69) is 12.1 Å². The second-order valence-corrected chi connectivity index (χ2v) is 6.49. The van der Waals surface area contributed by atoms with Gasteiger partial charge in [0, 0.05) is 10.1 Å². The fourth-order valence-electron chi connectivity index (χ4n) is 2.73. The number of thioether (sulfide) groups is 1. The van der Waals surface area contributed by atoms with Crippen LogP contribution < -0.4 is 4.74 Å². The van der Waals surface area contributed by atoms with Gasteiger partial charge in [-0.25, -0.2) is 0 Å². The molecule has 106 valence electrons. The highest BCUT2D eigenvalue weighted by molar-refractivity contribution is 8.00. The van der Waals surface area contributed by atoms with Gasteiger partial charge < -0.3 is 14.3 Å². The maximum Gasteiger partial charge on any atom is 0.179 e. The van der Waals surface area contributed by atoms with Crippen molar-refractivity contribution < 1.29 is 14.3 Å². The maximum atomic E-state index is 10.0. The maximum absolute atomic E-state index is 10.0. The third-order valence-corrected chi connectivity index (χ3v) is 4.83. The summed E-state index contributed by atoms with van der Waals surface area (Å²) in [5, 5.41) is 11.2. The smallest absolute Gasteiger partial charge is 0.179 e. The normalized spacial score (nSPS) is 17.4. The average molecular weight is 298 g/mol. The molecular weight excluding hydrogens is 284 g/mol. The molecule has 0 saturated heterocycles. The van der Waals surface area contributed by atoms with E-state index in [0.717, 1.165) is 23.1 Å². The highest BCUT2D eigenvalue weighted by Gasteiger charge is 2.25. The van der Waals surface area contributed by atoms with Gasteiger partial charge in [-0.1, -0.05) is 18.2 Å². The van der Waals surface area contributed by atoms with Crippen LogP contribution in [0.2, 0.25) is 0 Å². The van der Waals surface area contributed by atoms with Crippen LogP contribution >= 0.6 is 11.8 Å². The van der Waals surface area contributed by atoms with Gasteiger partial charge in [0.2, 0.25) is 0 Å². The van der Waals surface area contributed by atoms with E-state index in [1.54, 1.807) is 12.3 Å². The topological polar surface area (TPSA) is 42.6 Å². The van der Waals surface area contributed by atoms with Crippen molar-refractivity contribution in [2.24, 2.45) is 0 Å². The van der Waals surface area contributed by atoms with E-state index in [1.165, 1.54) is 4.90 Å². The second-order valence-electron chi connectivity index (χ2n) is 5.12. The molecule has 0 amide bonds. The van der Waals surface area contributed by atoms with E-state index in [4.69, 9.17) is 9.15 Å². The fourth-order valence-corrected chi connectivity index (χ4v) is 3.82. The van der Waals surface area contributed by atoms with Crippen molar-refractivity contribution >= 4 is 22.7 Å². The molecule has 1 N–H and O–H groups in total. The molecule has 2 heterocycles. The summed E-state index contributed by atoms with van der Waals surface area (Å²) in [5.74, 6) is 1.03. The van der Waals surface area contributed by atoms with Gasteiger partial charge in [-0.05, 0) is 36.2 Å². The molecule has 4 rings (SSSR count). The van der Waals surface area contributed by atoms with Crippen LogP contribution in [0.25, 0.3) is 11.0 Å². The fraction of sp³-hybridized carbons (Fsp3) is 0.176. The van der Waals surface area contributed by atoms with E-state index in [1.807, 2.05) is 36.0 Å². The number of phenolic OH excluding ortho intramolecular Hbond substituents is 1. The highest BCUT2D eigenvalue weighted by Crippen LogP contribution is 2.41. The Hall–Kier alpha value is -2.07. The highest BCUT2D eigenvalue weighted by atomic mass is 32.2. The summed E-state index contributed by atoms with van der Waals surface area (Å²) in [4.78, 5) is 1.24. The molecule has 1 atom stereocenters. The van der Waals surface area contributed by atoms with Crippen LogP contribution in [0.1, 0.15) is 5.56 Å². The van der Waals surface area contributed by atoms with Gasteiger partial charge in [0.25, 0.3) is 0 Å². The van der Waals surface area contributed by atoms with Crippen LogP contribution in [0, 0.1) is 0 Å². The van der Waals surface area contributed by atoms with Crippen LogP contribution in [0.4, 0.5) is 0 Å². The molecule has 0 radical (unpaired) electrons. The van der Waals surface area contributed by atoms with Gasteiger partial charge in [0.05, 0.1) is 11.6 Å². The van der Waals surface area contributed by atoms with Gasteiger partial charge in [-0.3, -0.25) is 0 Å². The lowest BCUT2D eigenvalue weighted by molar-refractivity contribution is 0.297. The molecule has 1 aromatic heterocycles. The number of benzene rings is 2. The van der Waals surface area contributed by atoms with E-state index in [-0.39, 0.29) is 5.75 Å². The van der Waals surface area contributed by atoms with Crippen molar-refractivity contribution in [3.05, 3.63) is 54.3 Å². The lowest BCUT2D eigenvalue weighted by Crippen LogP contribution is -2.23. The van der Waals surface area contributed by atoms with Crippen LogP contribution in [0.3, 0.4) is 0 Å². The molecule has 0 bridgehead atoms. The lowest BCUT2D eigenvalue weighted by atomic mass is 10.0. The summed E-state index contributed by atoms with van der Waals surface area (Å²) in [6, 6.07) is 13.9. The molecule has 3 aromatic rings. The molecule has 2 aromatic carbocycles. The zero-order valence-electron chi connectivity index (χ0n) is 11.3. The number of phenols is 1. The van der Waals surface area contributed by atoms with E-state index < -0.39 is 0 Å². The monoisotopic (exact) mass is 298 g/mol. The Labute approximate surface area is 126 Å². The number of furan rings is 1. The van der Waals surface area contributed by atoms with E-state index >= 15 is 0 Å². The first-order chi connectivity index (χ1) is 10.3. The van der Waals surface area contributed by atoms with Crippen molar-refractivity contribution in [2.75, 3.05) is 6.61 Å². The Morgan fingerprint density at radius 1 is 1.14 bits per heavy atom. The Morgan fingerprint density at radius 3 is 2.86 bits per heavy atom. The Kier molecular flexibility index (Phi) is 3.04. The minimum atomic E-state index is 0.183. The molecule has 4 heteroatoms. The number of fused-ring (bicyclic) bond motifs is 3. The lowest BCUT2D eigenvalue weighted by Gasteiger charge is -2.25. The molecular formula is C17H14O3S. The molecule has 0 spiro atoms. The number of hydrogen-bond donors (Lipinski definition) is 1. The van der Waals surface area contributed by atoms with Crippen LogP contribution in [0.15, 0.2) is 58.0 Å². The van der Waals surface area contributed by atoms with Gasteiger partial charge >= 0.3 is 0 Å². The Balaban J connectivity index is 1.64. The first kappa shape index (κ1) is 12.7. The number of aromatic hydroxyl groups is 1. The molecule has 21 heavy (non-hydrogen) atoms. The van der Waals surface area contributed by atoms with Crippen LogP contribution in [0.5, 0.6) is 11.5 Å². The first-order valence-electron chi connectivity index (χ1n) is 6.88. The number of hydrogen-bond acceptors (Lipinski definition) is 4. The van der Waals surface area contributed by atoms with Gasteiger partial charge in [0.1, 0.15) is 12.4 Å². The predicted octanol–water partition coefficient (Wildman–Crippen LogP) is 4.23. The van der Waals surface area contributed by atoms with Crippen molar-refractivity contribution in [3.63, 3.8) is 0 Å². The summed E-state index contributed by atoms with van der Waals surface area (Å²) < 4.78 is 11.2. The summed E-state index contributed by atoms with van der Waals surface area (Å²) in [7, 11) is 0. The van der Waals surface area contributed by atoms with Gasteiger partial charge in [-0.2, -0.15) is 0 Å². The Morgan fingerprint density at radius 2 is 2.00 bits per heavy atom. The van der Waals surface area contributed by atoms with Gasteiger partial charge in [-0.15, -0.1) is 11.8 Å². The third kappa shape index (κ3) is 2.25. The first-order valence-corrected chi connectivity index (χ1v) is 7.76. The predicted molar refractivity (Wildman–Crippen MR) is 83.2 cm³/mol. The molecule has 1 unspecified atom stereocenters. The second kappa shape index (κ2) is 5.04. The van der Waals surface area contributed by atoms with E-state index in [0.29, 0.717) is 17.4 Å². The summed E-state index contributed by atoms with van der Waals surface area (Å²) >= 11 is 1.81. The molecule has 1 aliphatic heterocycles. The quantitative estimate of drug-likeness (QED) is 0.768. The molecule has 1 aliphatic rings. The van der Waals surface area contributed by atoms with Crippen molar-refractivity contribution in [1.82, 2.24) is 0 Å². The summed E-state index contributed by atoms with van der Waals surface area (Å²) in [5.41, 5.74) is 1.55. The van der Waals surface area contributed by atoms with E-state index in [9.17, 15) is 5.11 Å². The molecule has 0 aliphatic carbocycles.